The average Bonchev–Trinajstić information content (AvgIpc) is 2.01. The molecule has 31 heteroatoms. The van der Waals surface area contributed by atoms with Crippen molar-refractivity contribution in [3.05, 3.63) is 29.8 Å². The third kappa shape index (κ3) is 22.5. The van der Waals surface area contributed by atoms with Gasteiger partial charge in [0, 0.05) is 33.0 Å². The third-order valence-electron chi connectivity index (χ3n) is 14.5. The summed E-state index contributed by atoms with van der Waals surface area (Å²) < 4.78 is 29.3. The minimum Gasteiger partial charge on any atom is -0.497 e. The van der Waals surface area contributed by atoms with E-state index < -0.39 is 140 Å². The standard InChI is InChI=1S/C52H86N14O17/c1-27(2)10-16-36-51(3,83-36)42-41(80-5)35(18-19-52(42)26-81-52)82-50(78)61-25-38(68)62-31(8-6-20-58-48(54)55)44(74)60-24-37(67)63-34(23-40(71)72)47(77)66-33(22-28-11-13-29(79-4)14-12-28)46(76)65-32(9-7-21-59-49(56)57)45(75)64-30(43(53)73)15-17-39(69)70/h11-14,27,30-37,41-43,63,67,73H,6-10,15-26,53H2,1-5H3,(H,60,74)(H,61,78)(H,62,68)(H,64,75)(H,65,76)(H,66,77)(H,69,70)(H,71,72)(H4,54,55,58)(H4,56,57,59)/t30-,31-,32-,33-,34-,35+,36+,37?,41+,42+,43?,51-,52-/m0/s1. The highest BCUT2D eigenvalue weighted by atomic mass is 16.6. The van der Waals surface area contributed by atoms with E-state index >= 15 is 0 Å². The molecule has 1 spiro atoms. The molecule has 6 amide bonds. The lowest BCUT2D eigenvalue weighted by molar-refractivity contribution is -0.141. The van der Waals surface area contributed by atoms with Gasteiger partial charge in [0.15, 0.2) is 11.9 Å². The van der Waals surface area contributed by atoms with Crippen molar-refractivity contribution in [2.24, 2.45) is 50.5 Å². The molecule has 1 aliphatic carbocycles. The number of ether oxygens (including phenoxy) is 5. The molecule has 0 aromatic heterocycles. The number of aliphatic hydroxyl groups is 2. The molecule has 0 bridgehead atoms. The van der Waals surface area contributed by atoms with Crippen LogP contribution in [0.25, 0.3) is 0 Å². The van der Waals surface area contributed by atoms with Crippen LogP contribution in [0.1, 0.15) is 97.0 Å². The van der Waals surface area contributed by atoms with E-state index in [0.717, 1.165) is 12.8 Å². The fraction of sp³-hybridized carbons (Fsp3) is 0.692. The second-order valence-electron chi connectivity index (χ2n) is 21.4. The number of carbonyl (C=O) groups excluding carboxylic acids is 6. The monoisotopic (exact) mass is 1180 g/mol. The van der Waals surface area contributed by atoms with Crippen molar-refractivity contribution in [3.63, 3.8) is 0 Å². The molecule has 2 saturated heterocycles. The number of aliphatic imine (C=N–C) groups is 2. The number of hydrogen-bond donors (Lipinski definition) is 16. The summed E-state index contributed by atoms with van der Waals surface area (Å²) in [4.78, 5) is 113. The fourth-order valence-electron chi connectivity index (χ4n) is 10.1. The van der Waals surface area contributed by atoms with Crippen LogP contribution in [-0.4, -0.2) is 199 Å². The summed E-state index contributed by atoms with van der Waals surface area (Å²) in [6.45, 7) is 5.63. The van der Waals surface area contributed by atoms with Crippen LogP contribution >= 0.6 is 0 Å². The van der Waals surface area contributed by atoms with Gasteiger partial charge in [0.1, 0.15) is 66.3 Å². The number of hydrogen-bond acceptors (Lipinski definition) is 19. The molecule has 21 N–H and O–H groups in total. The molecule has 31 nitrogen and oxygen atoms in total. The van der Waals surface area contributed by atoms with Crippen LogP contribution in [0.15, 0.2) is 34.3 Å². The highest BCUT2D eigenvalue weighted by Crippen LogP contribution is 2.59. The van der Waals surface area contributed by atoms with E-state index in [2.05, 4.69) is 61.0 Å². The van der Waals surface area contributed by atoms with Crippen molar-refractivity contribution < 1.29 is 82.5 Å². The molecule has 2 heterocycles. The van der Waals surface area contributed by atoms with Gasteiger partial charge in [0.2, 0.25) is 29.5 Å². The summed E-state index contributed by atoms with van der Waals surface area (Å²) in [5.74, 6) is -7.12. The molecule has 1 aromatic carbocycles. The molecule has 466 valence electrons. The summed E-state index contributed by atoms with van der Waals surface area (Å²) >= 11 is 0. The van der Waals surface area contributed by atoms with Gasteiger partial charge in [-0.1, -0.05) is 26.0 Å². The van der Waals surface area contributed by atoms with Crippen molar-refractivity contribution in [2.45, 2.75) is 170 Å². The van der Waals surface area contributed by atoms with Crippen molar-refractivity contribution in [1.29, 1.82) is 0 Å². The van der Waals surface area contributed by atoms with E-state index in [1.54, 1.807) is 24.3 Å². The second kappa shape index (κ2) is 32.6. The van der Waals surface area contributed by atoms with Crippen LogP contribution < -0.4 is 70.6 Å². The Labute approximate surface area is 481 Å². The van der Waals surface area contributed by atoms with Crippen LogP contribution in [0, 0.1) is 11.8 Å². The maximum atomic E-state index is 14.2. The average molecular weight is 1180 g/mol. The van der Waals surface area contributed by atoms with Gasteiger partial charge in [-0.25, -0.2) is 4.79 Å². The first kappa shape index (κ1) is 68.3. The zero-order valence-corrected chi connectivity index (χ0v) is 47.6. The Morgan fingerprint density at radius 1 is 0.771 bits per heavy atom. The van der Waals surface area contributed by atoms with Gasteiger partial charge in [-0.3, -0.25) is 48.9 Å². The van der Waals surface area contributed by atoms with Gasteiger partial charge in [-0.2, -0.15) is 0 Å². The van der Waals surface area contributed by atoms with Crippen LogP contribution in [0.2, 0.25) is 0 Å². The smallest absolute Gasteiger partial charge is 0.407 e. The van der Waals surface area contributed by atoms with Crippen LogP contribution in [0.4, 0.5) is 4.79 Å². The van der Waals surface area contributed by atoms with Gasteiger partial charge in [0.05, 0.1) is 50.8 Å². The topological polar surface area (TPSA) is 509 Å². The first-order chi connectivity index (χ1) is 39.2. The molecule has 2 aliphatic heterocycles. The summed E-state index contributed by atoms with van der Waals surface area (Å²) in [6, 6.07) is -0.996. The second-order valence-corrected chi connectivity index (χ2v) is 21.4. The first-order valence-electron chi connectivity index (χ1n) is 27.5. The van der Waals surface area contributed by atoms with Gasteiger partial charge >= 0.3 is 18.0 Å². The lowest BCUT2D eigenvalue weighted by atomic mass is 9.68. The summed E-state index contributed by atoms with van der Waals surface area (Å²) in [6.07, 6.45) is -4.72. The van der Waals surface area contributed by atoms with E-state index in [4.69, 9.17) is 52.4 Å². The predicted octanol–water partition coefficient (Wildman–Crippen LogP) is -3.82. The maximum Gasteiger partial charge on any atom is 0.407 e. The number of guanidine groups is 2. The number of epoxide rings is 2. The number of benzene rings is 1. The van der Waals surface area contributed by atoms with E-state index in [1.807, 2.05) is 6.92 Å². The summed E-state index contributed by atoms with van der Waals surface area (Å²) in [5, 5.41) is 57.7. The van der Waals surface area contributed by atoms with E-state index in [-0.39, 0.29) is 75.6 Å². The number of aliphatic carboxylic acids is 2. The molecular formula is C52H86N14O17. The molecule has 1 aromatic rings. The van der Waals surface area contributed by atoms with Crippen LogP contribution in [0.5, 0.6) is 5.75 Å². The number of nitrogens with two attached hydrogens (primary N) is 5. The number of nitrogens with zero attached hydrogens (tertiary/aromatic N) is 2. The number of amides is 6. The number of rotatable bonds is 37. The number of nitrogens with one attached hydrogen (secondary N) is 7. The number of carbonyl (C=O) groups is 8. The van der Waals surface area contributed by atoms with Gasteiger partial charge < -0.3 is 105 Å². The van der Waals surface area contributed by atoms with Gasteiger partial charge in [0.25, 0.3) is 0 Å². The highest BCUT2D eigenvalue weighted by Gasteiger charge is 2.72. The Balaban J connectivity index is 1.44. The van der Waals surface area contributed by atoms with Crippen molar-refractivity contribution in [1.82, 2.24) is 37.2 Å². The highest BCUT2D eigenvalue weighted by molar-refractivity contribution is 5.94. The molecule has 83 heavy (non-hydrogen) atoms. The largest absolute Gasteiger partial charge is 0.497 e. The molecule has 1 saturated carbocycles. The molecule has 13 atom stereocenters. The zero-order valence-electron chi connectivity index (χ0n) is 47.6. The molecule has 2 unspecified atom stereocenters. The van der Waals surface area contributed by atoms with Gasteiger partial charge in [-0.05, 0) is 88.3 Å². The summed E-state index contributed by atoms with van der Waals surface area (Å²) in [5.41, 5.74) is 26.9. The lowest BCUT2D eigenvalue weighted by Gasteiger charge is -2.42. The Kier molecular flexibility index (Phi) is 26.9. The Morgan fingerprint density at radius 3 is 1.90 bits per heavy atom. The number of methoxy groups -OCH3 is 2. The van der Waals surface area contributed by atoms with Crippen LogP contribution in [-0.2, 0) is 58.9 Å². The van der Waals surface area contributed by atoms with Crippen LogP contribution in [0.3, 0.4) is 0 Å². The minimum absolute atomic E-state index is 0.00595. The van der Waals surface area contributed by atoms with Crippen molar-refractivity contribution in [3.8, 4) is 5.75 Å². The maximum absolute atomic E-state index is 14.2. The van der Waals surface area contributed by atoms with E-state index in [0.29, 0.717) is 36.7 Å². The number of aliphatic hydroxyl groups excluding tert-OH is 2. The molecule has 4 rings (SSSR count). The minimum atomic E-state index is -1.83. The zero-order chi connectivity index (χ0) is 61.6. The molecule has 0 radical (unpaired) electrons. The number of carboxylic acid groups (broad SMARTS) is 2. The predicted molar refractivity (Wildman–Crippen MR) is 297 cm³/mol. The summed E-state index contributed by atoms with van der Waals surface area (Å²) in [7, 11) is 2.97. The molecular weight excluding hydrogens is 1090 g/mol. The quantitative estimate of drug-likeness (QED) is 0.00998. The van der Waals surface area contributed by atoms with E-state index in [9.17, 15) is 58.8 Å². The Morgan fingerprint density at radius 2 is 1.36 bits per heavy atom. The van der Waals surface area contributed by atoms with Gasteiger partial charge in [-0.15, -0.1) is 0 Å². The van der Waals surface area contributed by atoms with Crippen molar-refractivity contribution >= 4 is 59.5 Å². The first-order valence-corrected chi connectivity index (χ1v) is 27.5. The Hall–Kier alpha value is -7.16. The lowest BCUT2D eigenvalue weighted by Crippen LogP contribution is -2.60. The molecule has 3 fully saturated rings. The fourth-order valence-corrected chi connectivity index (χ4v) is 10.1. The normalized spacial score (nSPS) is 23.0. The Bertz CT molecular complexity index is 2410. The van der Waals surface area contributed by atoms with Crippen molar-refractivity contribution in [2.75, 3.05) is 47.0 Å². The third-order valence-corrected chi connectivity index (χ3v) is 14.5. The number of carboxylic acids is 2. The SMILES string of the molecule is COc1ccc(C[C@H](NC(=O)[C@H](CC(=O)O)NC(O)CNC(=O)[C@H](CCCN=C(N)N)NC(=O)CNC(=O)O[C@@H]2CC[C@]3(CO3)[C@@H]([C@@]3(C)O[C@@H]3CCC(C)C)[C@@H]2OC)C(=O)N[C@@H](CCCN=C(N)N)C(=O)N[C@@H](CCC(=O)O)C(N)O)cc1. The van der Waals surface area contributed by atoms with E-state index in [1.165, 1.54) is 14.2 Å². The molecule has 3 aliphatic rings. The number of alkyl carbamates (subject to hydrolysis) is 1.